The number of nitrogens with zero attached hydrogens (tertiary/aromatic N) is 3. The molecule has 7 heteroatoms. The Kier molecular flexibility index (Phi) is 3.31. The fraction of sp³-hybridized carbons (Fsp3) is 0.462. The summed E-state index contributed by atoms with van der Waals surface area (Å²) in [5.41, 5.74) is 2.66. The van der Waals surface area contributed by atoms with Crippen LogP contribution in [0.1, 0.15) is 13.3 Å². The van der Waals surface area contributed by atoms with Crippen LogP contribution < -0.4 is 4.90 Å². The van der Waals surface area contributed by atoms with E-state index in [-0.39, 0.29) is 16.5 Å². The van der Waals surface area contributed by atoms with Crippen LogP contribution in [0, 0.1) is 16.0 Å². The normalized spacial score (nSPS) is 23.2. The highest BCUT2D eigenvalue weighted by Gasteiger charge is 2.30. The number of aromatic nitrogens is 1. The number of hydrogen-bond acceptors (Lipinski definition) is 6. The summed E-state index contributed by atoms with van der Waals surface area (Å²) in [5.74, 6) is 0.230. The number of benzene rings is 1. The van der Waals surface area contributed by atoms with Gasteiger partial charge in [-0.05, 0) is 24.5 Å². The van der Waals surface area contributed by atoms with Crippen molar-refractivity contribution in [2.75, 3.05) is 18.0 Å². The second-order valence-electron chi connectivity index (χ2n) is 5.17. The summed E-state index contributed by atoms with van der Waals surface area (Å²) in [6.45, 7) is 3.15. The van der Waals surface area contributed by atoms with Crippen LogP contribution >= 0.6 is 11.3 Å². The summed E-state index contributed by atoms with van der Waals surface area (Å²) in [7, 11) is 0. The van der Waals surface area contributed by atoms with Gasteiger partial charge >= 0.3 is 5.69 Å². The second-order valence-corrected chi connectivity index (χ2v) is 6.06. The molecule has 1 aliphatic rings. The van der Waals surface area contributed by atoms with Gasteiger partial charge in [-0.25, -0.2) is 4.98 Å². The zero-order chi connectivity index (χ0) is 14.3. The van der Waals surface area contributed by atoms with Crippen LogP contribution in [0.15, 0.2) is 17.6 Å². The number of nitro benzene ring substituents is 1. The summed E-state index contributed by atoms with van der Waals surface area (Å²) >= 11 is 1.39. The van der Waals surface area contributed by atoms with Gasteiger partial charge in [0.15, 0.2) is 5.52 Å². The maximum Gasteiger partial charge on any atom is 0.319 e. The summed E-state index contributed by atoms with van der Waals surface area (Å²) in [6, 6.07) is 3.63. The molecule has 3 rings (SSSR count). The molecule has 0 aliphatic carbocycles. The van der Waals surface area contributed by atoms with Gasteiger partial charge < -0.3 is 10.0 Å². The summed E-state index contributed by atoms with van der Waals surface area (Å²) in [6.07, 6.45) is 0.377. The van der Waals surface area contributed by atoms with Crippen molar-refractivity contribution in [2.45, 2.75) is 19.4 Å². The minimum atomic E-state index is -0.450. The van der Waals surface area contributed by atoms with Crippen molar-refractivity contribution in [1.29, 1.82) is 0 Å². The maximum atomic E-state index is 11.4. The second kappa shape index (κ2) is 4.99. The molecule has 0 radical (unpaired) electrons. The molecule has 2 atom stereocenters. The van der Waals surface area contributed by atoms with E-state index in [0.717, 1.165) is 11.1 Å². The molecule has 2 heterocycles. The van der Waals surface area contributed by atoms with Crippen LogP contribution in [0.2, 0.25) is 0 Å². The number of hydrogen-bond donors (Lipinski definition) is 1. The van der Waals surface area contributed by atoms with Crippen LogP contribution in [-0.4, -0.2) is 34.2 Å². The third-order valence-electron chi connectivity index (χ3n) is 3.90. The number of rotatable bonds is 2. The smallest absolute Gasteiger partial charge is 0.319 e. The lowest BCUT2D eigenvalue weighted by Gasteiger charge is -2.35. The highest BCUT2D eigenvalue weighted by Crippen LogP contribution is 2.38. The van der Waals surface area contributed by atoms with Crippen molar-refractivity contribution < 1.29 is 10.0 Å². The van der Waals surface area contributed by atoms with E-state index >= 15 is 0 Å². The molecule has 2 aromatic rings. The first-order valence-corrected chi connectivity index (χ1v) is 7.39. The first-order valence-electron chi connectivity index (χ1n) is 6.51. The predicted octanol–water partition coefficient (Wildman–Crippen LogP) is 2.41. The van der Waals surface area contributed by atoms with Gasteiger partial charge in [-0.15, -0.1) is 11.3 Å². The number of piperidine rings is 1. The topological polar surface area (TPSA) is 79.5 Å². The van der Waals surface area contributed by atoms with Crippen LogP contribution in [0.25, 0.3) is 10.2 Å². The van der Waals surface area contributed by atoms with Gasteiger partial charge in [-0.3, -0.25) is 10.1 Å². The molecule has 106 valence electrons. The average molecular weight is 293 g/mol. The Morgan fingerprint density at radius 1 is 1.55 bits per heavy atom. The van der Waals surface area contributed by atoms with E-state index < -0.39 is 6.10 Å². The lowest BCUT2D eigenvalue weighted by molar-refractivity contribution is -0.382. The Morgan fingerprint density at radius 2 is 2.35 bits per heavy atom. The molecule has 1 aromatic carbocycles. The largest absolute Gasteiger partial charge is 0.391 e. The lowest BCUT2D eigenvalue weighted by atomic mass is 9.95. The third-order valence-corrected chi connectivity index (χ3v) is 4.69. The molecule has 0 amide bonds. The predicted molar refractivity (Wildman–Crippen MR) is 78.3 cm³/mol. The number of aliphatic hydroxyl groups is 1. The van der Waals surface area contributed by atoms with Crippen molar-refractivity contribution >= 4 is 32.9 Å². The fourth-order valence-corrected chi connectivity index (χ4v) is 3.29. The summed E-state index contributed by atoms with van der Waals surface area (Å²) in [5, 5.41) is 21.4. The molecule has 0 bridgehead atoms. The molecule has 20 heavy (non-hydrogen) atoms. The molecule has 2 unspecified atom stereocenters. The van der Waals surface area contributed by atoms with Gasteiger partial charge in [-0.2, -0.15) is 0 Å². The Bertz CT molecular complexity index is 657. The lowest BCUT2D eigenvalue weighted by Crippen LogP contribution is -2.43. The maximum absolute atomic E-state index is 11.4. The molecule has 1 saturated heterocycles. The SMILES string of the molecule is CC1CCN(c2ccc3scnc3c2[N+](=O)[O-])CC1O. The van der Waals surface area contributed by atoms with Gasteiger partial charge in [0.2, 0.25) is 0 Å². The van der Waals surface area contributed by atoms with E-state index in [2.05, 4.69) is 4.98 Å². The number of thiazole rings is 1. The van der Waals surface area contributed by atoms with E-state index in [4.69, 9.17) is 0 Å². The van der Waals surface area contributed by atoms with Crippen molar-refractivity contribution in [3.8, 4) is 0 Å². The molecule has 1 aliphatic heterocycles. The monoisotopic (exact) mass is 293 g/mol. The summed E-state index contributed by atoms with van der Waals surface area (Å²) < 4.78 is 0.811. The Hall–Kier alpha value is -1.73. The van der Waals surface area contributed by atoms with Crippen molar-refractivity contribution in [1.82, 2.24) is 4.98 Å². The minimum Gasteiger partial charge on any atom is -0.391 e. The van der Waals surface area contributed by atoms with E-state index in [1.54, 1.807) is 11.6 Å². The third kappa shape index (κ3) is 2.12. The number of aliphatic hydroxyl groups excluding tert-OH is 1. The van der Waals surface area contributed by atoms with Gasteiger partial charge in [0.05, 0.1) is 21.2 Å². The van der Waals surface area contributed by atoms with E-state index in [9.17, 15) is 15.2 Å². The fourth-order valence-electron chi connectivity index (χ4n) is 2.61. The standard InChI is InChI=1S/C13H15N3O3S/c1-8-4-5-15(6-10(8)17)9-2-3-11-12(14-7-20-11)13(9)16(18)19/h2-3,7-8,10,17H,4-6H2,1H3. The van der Waals surface area contributed by atoms with Gasteiger partial charge in [0.25, 0.3) is 0 Å². The highest BCUT2D eigenvalue weighted by molar-refractivity contribution is 7.16. The van der Waals surface area contributed by atoms with E-state index in [0.29, 0.717) is 24.3 Å². The Labute approximate surface area is 119 Å². The Balaban J connectivity index is 2.07. The quantitative estimate of drug-likeness (QED) is 0.679. The molecule has 1 aromatic heterocycles. The number of nitro groups is 1. The molecule has 6 nitrogen and oxygen atoms in total. The number of fused-ring (bicyclic) bond motifs is 1. The van der Waals surface area contributed by atoms with Crippen molar-refractivity contribution in [2.24, 2.45) is 5.92 Å². The molecule has 0 spiro atoms. The molecule has 0 saturated carbocycles. The summed E-state index contributed by atoms with van der Waals surface area (Å²) in [4.78, 5) is 17.0. The van der Waals surface area contributed by atoms with Gasteiger partial charge in [0.1, 0.15) is 5.69 Å². The number of β-amino-alcohol motifs (C(OH)–C–C–N with tert-alkyl or cyclic N) is 1. The first kappa shape index (κ1) is 13.3. The molecule has 1 N–H and O–H groups in total. The first-order chi connectivity index (χ1) is 9.58. The molecular formula is C13H15N3O3S. The van der Waals surface area contributed by atoms with Crippen LogP contribution in [0.5, 0.6) is 0 Å². The zero-order valence-electron chi connectivity index (χ0n) is 11.0. The zero-order valence-corrected chi connectivity index (χ0v) is 11.8. The van der Waals surface area contributed by atoms with Crippen molar-refractivity contribution in [3.63, 3.8) is 0 Å². The van der Waals surface area contributed by atoms with Crippen LogP contribution in [0.3, 0.4) is 0 Å². The molecule has 1 fully saturated rings. The van der Waals surface area contributed by atoms with Gasteiger partial charge in [0, 0.05) is 13.1 Å². The van der Waals surface area contributed by atoms with Gasteiger partial charge in [-0.1, -0.05) is 6.92 Å². The average Bonchev–Trinajstić information content (AvgIpc) is 2.88. The van der Waals surface area contributed by atoms with Crippen LogP contribution in [-0.2, 0) is 0 Å². The van der Waals surface area contributed by atoms with E-state index in [1.165, 1.54) is 11.3 Å². The van der Waals surface area contributed by atoms with E-state index in [1.807, 2.05) is 17.9 Å². The van der Waals surface area contributed by atoms with Crippen molar-refractivity contribution in [3.05, 3.63) is 27.8 Å². The van der Waals surface area contributed by atoms with Crippen LogP contribution in [0.4, 0.5) is 11.4 Å². The molecular weight excluding hydrogens is 278 g/mol. The minimum absolute atomic E-state index is 0.0468. The Morgan fingerprint density at radius 3 is 3.05 bits per heavy atom. The number of anilines is 1. The highest BCUT2D eigenvalue weighted by atomic mass is 32.1.